The van der Waals surface area contributed by atoms with Gasteiger partial charge in [-0.15, -0.1) is 0 Å². The summed E-state index contributed by atoms with van der Waals surface area (Å²) in [6, 6.07) is 7.40. The largest absolute Gasteiger partial charge is 0.320 e. The maximum Gasteiger partial charge on any atom is 0.243 e. The second kappa shape index (κ2) is 4.33. The van der Waals surface area contributed by atoms with E-state index >= 15 is 0 Å². The van der Waals surface area contributed by atoms with Gasteiger partial charge >= 0.3 is 0 Å². The highest BCUT2D eigenvalue weighted by Gasteiger charge is 2.26. The van der Waals surface area contributed by atoms with E-state index in [9.17, 15) is 4.79 Å². The molecule has 2 N–H and O–H groups in total. The molecule has 1 aromatic carbocycles. The lowest BCUT2D eigenvalue weighted by Crippen LogP contribution is -2.48. The smallest absolute Gasteiger partial charge is 0.243 e. The third-order valence-electron chi connectivity index (χ3n) is 2.60. The fourth-order valence-electron chi connectivity index (χ4n) is 1.80. The van der Waals surface area contributed by atoms with Crippen LogP contribution in [-0.4, -0.2) is 18.5 Å². The summed E-state index contributed by atoms with van der Waals surface area (Å²) < 4.78 is 0.979. The lowest BCUT2D eigenvalue weighted by atomic mass is 10.1. The third kappa shape index (κ3) is 2.21. The number of piperidine rings is 1. The molecule has 1 fully saturated rings. The quantitative estimate of drug-likeness (QED) is 0.846. The number of anilines is 1. The van der Waals surface area contributed by atoms with Crippen molar-refractivity contribution in [2.75, 3.05) is 11.4 Å². The number of hydrogen-bond acceptors (Lipinski definition) is 2. The molecule has 1 saturated heterocycles. The molecule has 1 heterocycles. The molecule has 1 aliphatic heterocycles. The standard InChI is InChI=1S/C11H13BrN2O/c12-8-3-1-4-9(7-8)14-6-2-5-10(13)11(14)15/h1,3-4,7,10H,2,5-6,13H2. The Balaban J connectivity index is 2.26. The first kappa shape index (κ1) is 10.6. The molecule has 3 nitrogen and oxygen atoms in total. The van der Waals surface area contributed by atoms with Gasteiger partial charge in [-0.05, 0) is 31.0 Å². The predicted molar refractivity (Wildman–Crippen MR) is 63.7 cm³/mol. The molecule has 0 saturated carbocycles. The van der Waals surface area contributed by atoms with E-state index in [0.29, 0.717) is 0 Å². The van der Waals surface area contributed by atoms with E-state index in [-0.39, 0.29) is 11.9 Å². The number of hydrogen-bond donors (Lipinski definition) is 1. The average molecular weight is 269 g/mol. The van der Waals surface area contributed by atoms with Crippen molar-refractivity contribution in [1.29, 1.82) is 0 Å². The fourth-order valence-corrected chi connectivity index (χ4v) is 2.19. The van der Waals surface area contributed by atoms with Crippen LogP contribution in [-0.2, 0) is 4.79 Å². The Morgan fingerprint density at radius 2 is 2.27 bits per heavy atom. The van der Waals surface area contributed by atoms with Crippen molar-refractivity contribution in [3.63, 3.8) is 0 Å². The van der Waals surface area contributed by atoms with Gasteiger partial charge in [-0.2, -0.15) is 0 Å². The maximum atomic E-state index is 11.8. The van der Waals surface area contributed by atoms with Crippen LogP contribution < -0.4 is 10.6 Å². The molecule has 1 atom stereocenters. The van der Waals surface area contributed by atoms with Crippen LogP contribution in [0.1, 0.15) is 12.8 Å². The van der Waals surface area contributed by atoms with E-state index in [0.717, 1.165) is 29.5 Å². The summed E-state index contributed by atoms with van der Waals surface area (Å²) in [7, 11) is 0. The molecule has 4 heteroatoms. The summed E-state index contributed by atoms with van der Waals surface area (Å²) in [6.07, 6.45) is 1.77. The number of benzene rings is 1. The molecule has 1 aliphatic rings. The molecule has 1 unspecified atom stereocenters. The highest BCUT2D eigenvalue weighted by molar-refractivity contribution is 9.10. The monoisotopic (exact) mass is 268 g/mol. The minimum atomic E-state index is -0.335. The molecular weight excluding hydrogens is 256 g/mol. The topological polar surface area (TPSA) is 46.3 Å². The van der Waals surface area contributed by atoms with E-state index in [1.807, 2.05) is 24.3 Å². The zero-order chi connectivity index (χ0) is 10.8. The molecule has 0 spiro atoms. The van der Waals surface area contributed by atoms with Crippen LogP contribution in [0.5, 0.6) is 0 Å². The highest BCUT2D eigenvalue weighted by Crippen LogP contribution is 2.23. The van der Waals surface area contributed by atoms with Crippen LogP contribution in [0.15, 0.2) is 28.7 Å². The van der Waals surface area contributed by atoms with Crippen molar-refractivity contribution in [3.8, 4) is 0 Å². The van der Waals surface area contributed by atoms with Gasteiger partial charge in [-0.3, -0.25) is 4.79 Å². The van der Waals surface area contributed by atoms with E-state index in [2.05, 4.69) is 15.9 Å². The number of nitrogens with two attached hydrogens (primary N) is 1. The van der Waals surface area contributed by atoms with Crippen molar-refractivity contribution in [1.82, 2.24) is 0 Å². The van der Waals surface area contributed by atoms with Gasteiger partial charge in [0.1, 0.15) is 0 Å². The lowest BCUT2D eigenvalue weighted by molar-refractivity contribution is -0.120. The Kier molecular flexibility index (Phi) is 3.07. The SMILES string of the molecule is NC1CCCN(c2cccc(Br)c2)C1=O. The van der Waals surface area contributed by atoms with E-state index in [1.165, 1.54) is 0 Å². The van der Waals surface area contributed by atoms with Crippen LogP contribution in [0.25, 0.3) is 0 Å². The number of carbonyl (C=O) groups excluding carboxylic acids is 1. The molecule has 2 rings (SSSR count). The third-order valence-corrected chi connectivity index (χ3v) is 3.09. The van der Waals surface area contributed by atoms with Gasteiger partial charge in [0.15, 0.2) is 0 Å². The minimum absolute atomic E-state index is 0.0272. The van der Waals surface area contributed by atoms with Gasteiger partial charge in [-0.25, -0.2) is 0 Å². The molecule has 80 valence electrons. The number of rotatable bonds is 1. The second-order valence-corrected chi connectivity index (χ2v) is 4.63. The first-order valence-corrected chi connectivity index (χ1v) is 5.80. The molecule has 1 amide bonds. The van der Waals surface area contributed by atoms with Crippen molar-refractivity contribution in [3.05, 3.63) is 28.7 Å². The van der Waals surface area contributed by atoms with Gasteiger partial charge < -0.3 is 10.6 Å². The van der Waals surface area contributed by atoms with Crippen LogP contribution in [0.2, 0.25) is 0 Å². The number of nitrogens with zero attached hydrogens (tertiary/aromatic N) is 1. The van der Waals surface area contributed by atoms with Gasteiger partial charge in [0, 0.05) is 16.7 Å². The Hall–Kier alpha value is -0.870. The van der Waals surface area contributed by atoms with Crippen molar-refractivity contribution in [2.45, 2.75) is 18.9 Å². The summed E-state index contributed by atoms with van der Waals surface area (Å²) in [6.45, 7) is 0.767. The second-order valence-electron chi connectivity index (χ2n) is 3.72. The van der Waals surface area contributed by atoms with E-state index in [1.54, 1.807) is 4.90 Å². The molecular formula is C11H13BrN2O. The number of carbonyl (C=O) groups is 1. The summed E-state index contributed by atoms with van der Waals surface area (Å²) in [4.78, 5) is 13.6. The molecule has 1 aromatic rings. The Morgan fingerprint density at radius 1 is 1.47 bits per heavy atom. The minimum Gasteiger partial charge on any atom is -0.320 e. The Bertz CT molecular complexity index is 381. The van der Waals surface area contributed by atoms with Gasteiger partial charge in [0.25, 0.3) is 0 Å². The average Bonchev–Trinajstić information content (AvgIpc) is 2.22. The fraction of sp³-hybridized carbons (Fsp3) is 0.364. The first-order chi connectivity index (χ1) is 7.18. The maximum absolute atomic E-state index is 11.8. The highest BCUT2D eigenvalue weighted by atomic mass is 79.9. The Labute approximate surface area is 97.4 Å². The normalized spacial score (nSPS) is 21.9. The lowest BCUT2D eigenvalue weighted by Gasteiger charge is -2.30. The van der Waals surface area contributed by atoms with E-state index < -0.39 is 0 Å². The zero-order valence-corrected chi connectivity index (χ0v) is 9.90. The van der Waals surface area contributed by atoms with Crippen molar-refractivity contribution in [2.24, 2.45) is 5.73 Å². The molecule has 0 bridgehead atoms. The molecule has 15 heavy (non-hydrogen) atoms. The molecule has 0 aliphatic carbocycles. The van der Waals surface area contributed by atoms with Crippen LogP contribution in [0, 0.1) is 0 Å². The Morgan fingerprint density at radius 3 is 3.00 bits per heavy atom. The summed E-state index contributed by atoms with van der Waals surface area (Å²) in [5.41, 5.74) is 6.66. The zero-order valence-electron chi connectivity index (χ0n) is 8.32. The van der Waals surface area contributed by atoms with Crippen LogP contribution >= 0.6 is 15.9 Å². The van der Waals surface area contributed by atoms with Crippen LogP contribution in [0.4, 0.5) is 5.69 Å². The van der Waals surface area contributed by atoms with Gasteiger partial charge in [0.05, 0.1) is 6.04 Å². The first-order valence-electron chi connectivity index (χ1n) is 5.01. The number of amides is 1. The van der Waals surface area contributed by atoms with Crippen molar-refractivity contribution < 1.29 is 4.79 Å². The summed E-state index contributed by atoms with van der Waals surface area (Å²) >= 11 is 3.39. The molecule has 0 aromatic heterocycles. The van der Waals surface area contributed by atoms with Crippen molar-refractivity contribution >= 4 is 27.5 Å². The number of halogens is 1. The van der Waals surface area contributed by atoms with Gasteiger partial charge in [0.2, 0.25) is 5.91 Å². The van der Waals surface area contributed by atoms with E-state index in [4.69, 9.17) is 5.73 Å². The predicted octanol–water partition coefficient (Wildman–Crippen LogP) is 1.90. The van der Waals surface area contributed by atoms with Gasteiger partial charge in [-0.1, -0.05) is 22.0 Å². The van der Waals surface area contributed by atoms with Crippen LogP contribution in [0.3, 0.4) is 0 Å². The summed E-state index contributed by atoms with van der Waals surface area (Å²) in [5, 5.41) is 0. The summed E-state index contributed by atoms with van der Waals surface area (Å²) in [5.74, 6) is 0.0272. The molecule has 0 radical (unpaired) electrons.